The normalized spacial score (nSPS) is 21.1. The van der Waals surface area contributed by atoms with Gasteiger partial charge in [0.05, 0.1) is 10.7 Å². The Hall–Kier alpha value is -1.01. The molecular weight excluding hydrogens is 287 g/mol. The van der Waals surface area contributed by atoms with Gasteiger partial charge in [0.25, 0.3) is 0 Å². The molecule has 3 N–H and O–H groups in total. The second-order valence-electron chi connectivity index (χ2n) is 4.66. The van der Waals surface area contributed by atoms with Crippen LogP contribution in [0.15, 0.2) is 24.3 Å². The predicted octanol–water partition coefficient (Wildman–Crippen LogP) is 1.88. The lowest BCUT2D eigenvalue weighted by atomic mass is 10.00. The number of hydrazine groups is 1. The highest BCUT2D eigenvalue weighted by atomic mass is 35.5. The Morgan fingerprint density at radius 3 is 2.58 bits per heavy atom. The molecule has 19 heavy (non-hydrogen) atoms. The molecule has 2 saturated heterocycles. The topological polar surface area (TPSA) is 56.4 Å². The molecule has 2 amide bonds. The minimum Gasteiger partial charge on any atom is -0.317 e. The molecule has 1 spiro atoms. The van der Waals surface area contributed by atoms with E-state index in [4.69, 9.17) is 11.6 Å². The number of para-hydroxylation sites is 1. The third-order valence-corrected chi connectivity index (χ3v) is 3.75. The molecule has 2 heterocycles. The lowest BCUT2D eigenvalue weighted by Gasteiger charge is -2.33. The lowest BCUT2D eigenvalue weighted by Crippen LogP contribution is -2.57. The van der Waals surface area contributed by atoms with E-state index in [0.717, 1.165) is 25.9 Å². The highest BCUT2D eigenvalue weighted by Crippen LogP contribution is 2.29. The zero-order valence-corrected chi connectivity index (χ0v) is 11.9. The van der Waals surface area contributed by atoms with Gasteiger partial charge < -0.3 is 10.6 Å². The van der Waals surface area contributed by atoms with Crippen LogP contribution in [-0.4, -0.2) is 24.8 Å². The minimum atomic E-state index is -0.332. The van der Waals surface area contributed by atoms with Crippen molar-refractivity contribution in [3.8, 4) is 0 Å². The monoisotopic (exact) mass is 302 g/mol. The number of benzene rings is 1. The first-order chi connectivity index (χ1) is 8.70. The van der Waals surface area contributed by atoms with E-state index in [1.165, 1.54) is 5.01 Å². The van der Waals surface area contributed by atoms with E-state index in [1.807, 2.05) is 18.2 Å². The Labute approximate surface area is 123 Å². The molecule has 0 radical (unpaired) electrons. The summed E-state index contributed by atoms with van der Waals surface area (Å²) < 4.78 is 0. The Kier molecular flexibility index (Phi) is 4.20. The average molecular weight is 303 g/mol. The number of nitrogens with one attached hydrogen (secondary N) is 3. The number of hydrogen-bond donors (Lipinski definition) is 3. The van der Waals surface area contributed by atoms with Gasteiger partial charge in [0.15, 0.2) is 0 Å². The second-order valence-corrected chi connectivity index (χ2v) is 5.07. The van der Waals surface area contributed by atoms with Crippen LogP contribution in [0.5, 0.6) is 0 Å². The van der Waals surface area contributed by atoms with Crippen molar-refractivity contribution >= 4 is 35.7 Å². The van der Waals surface area contributed by atoms with Crippen molar-refractivity contribution in [2.75, 3.05) is 18.1 Å². The van der Waals surface area contributed by atoms with Crippen molar-refractivity contribution in [3.05, 3.63) is 29.3 Å². The molecule has 1 aromatic carbocycles. The molecule has 3 rings (SSSR count). The zero-order chi connectivity index (χ0) is 12.6. The molecule has 0 saturated carbocycles. The number of carbonyl (C=O) groups excluding carboxylic acids is 1. The quantitative estimate of drug-likeness (QED) is 0.742. The van der Waals surface area contributed by atoms with E-state index in [2.05, 4.69) is 16.1 Å². The highest BCUT2D eigenvalue weighted by Gasteiger charge is 2.43. The Balaban J connectivity index is 0.00000133. The molecule has 104 valence electrons. The van der Waals surface area contributed by atoms with Crippen LogP contribution >= 0.6 is 24.0 Å². The number of hydrogen-bond acceptors (Lipinski definition) is 3. The molecule has 0 bridgehead atoms. The highest BCUT2D eigenvalue weighted by molar-refractivity contribution is 6.33. The molecule has 2 fully saturated rings. The number of halogens is 2. The smallest absolute Gasteiger partial charge is 0.317 e. The van der Waals surface area contributed by atoms with E-state index in [1.54, 1.807) is 6.07 Å². The fourth-order valence-electron chi connectivity index (χ4n) is 2.45. The predicted molar refractivity (Wildman–Crippen MR) is 77.7 cm³/mol. The molecule has 2 aliphatic rings. The molecule has 0 aromatic heterocycles. The van der Waals surface area contributed by atoms with E-state index >= 15 is 0 Å². The summed E-state index contributed by atoms with van der Waals surface area (Å²) in [5.74, 6) is 0. The summed E-state index contributed by atoms with van der Waals surface area (Å²) in [6.07, 6.45) is 1.72. The van der Waals surface area contributed by atoms with E-state index < -0.39 is 0 Å². The Morgan fingerprint density at radius 1 is 1.21 bits per heavy atom. The molecular formula is C12H16Cl2N4O. The summed E-state index contributed by atoms with van der Waals surface area (Å²) in [6, 6.07) is 7.17. The number of piperidine rings is 1. The second kappa shape index (κ2) is 5.54. The van der Waals surface area contributed by atoms with Crippen molar-refractivity contribution in [3.63, 3.8) is 0 Å². The van der Waals surface area contributed by atoms with Gasteiger partial charge in [0.1, 0.15) is 5.66 Å². The first-order valence-corrected chi connectivity index (χ1v) is 6.43. The Morgan fingerprint density at radius 2 is 1.89 bits per heavy atom. The summed E-state index contributed by atoms with van der Waals surface area (Å²) in [5, 5.41) is 8.37. The molecule has 0 atom stereocenters. The van der Waals surface area contributed by atoms with E-state index in [0.29, 0.717) is 10.7 Å². The van der Waals surface area contributed by atoms with Crippen LogP contribution in [-0.2, 0) is 0 Å². The lowest BCUT2D eigenvalue weighted by molar-refractivity contribution is 0.229. The summed E-state index contributed by atoms with van der Waals surface area (Å²) in [6.45, 7) is 1.79. The first-order valence-electron chi connectivity index (χ1n) is 6.06. The van der Waals surface area contributed by atoms with Gasteiger partial charge in [0, 0.05) is 0 Å². The standard InChI is InChI=1S/C12H15ClN4O.ClH/c13-9-3-1-2-4-10(9)17-11(18)15-12(16-17)5-7-14-8-6-12;/h1-4,14,16H,5-8H2,(H,15,18);1H. The minimum absolute atomic E-state index is 0. The summed E-state index contributed by atoms with van der Waals surface area (Å²) in [7, 11) is 0. The van der Waals surface area contributed by atoms with Crippen LogP contribution in [0, 0.1) is 0 Å². The number of nitrogens with zero attached hydrogens (tertiary/aromatic N) is 1. The van der Waals surface area contributed by atoms with Gasteiger partial charge in [-0.25, -0.2) is 15.2 Å². The maximum Gasteiger partial charge on any atom is 0.338 e. The van der Waals surface area contributed by atoms with Gasteiger partial charge in [-0.3, -0.25) is 0 Å². The number of rotatable bonds is 1. The van der Waals surface area contributed by atoms with Crippen LogP contribution in [0.4, 0.5) is 10.5 Å². The number of amides is 2. The third kappa shape index (κ3) is 2.65. The summed E-state index contributed by atoms with van der Waals surface area (Å²) >= 11 is 6.12. The zero-order valence-electron chi connectivity index (χ0n) is 10.3. The largest absolute Gasteiger partial charge is 0.338 e. The van der Waals surface area contributed by atoms with Crippen LogP contribution in [0.3, 0.4) is 0 Å². The van der Waals surface area contributed by atoms with E-state index in [9.17, 15) is 4.79 Å². The van der Waals surface area contributed by atoms with Gasteiger partial charge in [-0.05, 0) is 38.1 Å². The fraction of sp³-hybridized carbons (Fsp3) is 0.417. The van der Waals surface area contributed by atoms with Gasteiger partial charge in [-0.15, -0.1) is 12.4 Å². The molecule has 0 aliphatic carbocycles. The van der Waals surface area contributed by atoms with E-state index in [-0.39, 0.29) is 24.1 Å². The number of urea groups is 1. The molecule has 0 unspecified atom stereocenters. The van der Waals surface area contributed by atoms with Crippen LogP contribution in [0.2, 0.25) is 5.02 Å². The van der Waals surface area contributed by atoms with Crippen molar-refractivity contribution < 1.29 is 4.79 Å². The SMILES string of the molecule is Cl.O=C1NC2(CCNCC2)NN1c1ccccc1Cl. The number of anilines is 1. The molecule has 7 heteroatoms. The first kappa shape index (κ1) is 14.4. The van der Waals surface area contributed by atoms with Crippen LogP contribution in [0.25, 0.3) is 0 Å². The van der Waals surface area contributed by atoms with Crippen molar-refractivity contribution in [1.29, 1.82) is 0 Å². The van der Waals surface area contributed by atoms with Crippen molar-refractivity contribution in [2.45, 2.75) is 18.5 Å². The van der Waals surface area contributed by atoms with Crippen molar-refractivity contribution in [2.24, 2.45) is 0 Å². The fourth-order valence-corrected chi connectivity index (χ4v) is 2.67. The molecule has 1 aromatic rings. The molecule has 2 aliphatic heterocycles. The Bertz CT molecular complexity index is 477. The van der Waals surface area contributed by atoms with Gasteiger partial charge in [-0.1, -0.05) is 23.7 Å². The summed E-state index contributed by atoms with van der Waals surface area (Å²) in [4.78, 5) is 12.1. The third-order valence-electron chi connectivity index (χ3n) is 3.43. The maximum atomic E-state index is 12.1. The maximum absolute atomic E-state index is 12.1. The average Bonchev–Trinajstić information content (AvgIpc) is 2.67. The van der Waals surface area contributed by atoms with Gasteiger partial charge in [-0.2, -0.15) is 0 Å². The van der Waals surface area contributed by atoms with Gasteiger partial charge >= 0.3 is 6.03 Å². The summed E-state index contributed by atoms with van der Waals surface area (Å²) in [5.41, 5.74) is 3.62. The van der Waals surface area contributed by atoms with Gasteiger partial charge in [0.2, 0.25) is 0 Å². The number of carbonyl (C=O) groups is 1. The molecule has 5 nitrogen and oxygen atoms in total. The van der Waals surface area contributed by atoms with Crippen LogP contribution in [0.1, 0.15) is 12.8 Å². The van der Waals surface area contributed by atoms with Crippen molar-refractivity contribution in [1.82, 2.24) is 16.1 Å². The van der Waals surface area contributed by atoms with Crippen LogP contribution < -0.4 is 21.1 Å².